The normalized spacial score (nSPS) is 20.1. The Bertz CT molecular complexity index is 1330. The van der Waals surface area contributed by atoms with Crippen molar-refractivity contribution < 1.29 is 14.7 Å². The number of nitrogens with zero attached hydrogens (tertiary/aromatic N) is 3. The third-order valence-corrected chi connectivity index (χ3v) is 8.21. The zero-order valence-electron chi connectivity index (χ0n) is 20.6. The number of benzene rings is 2. The number of amides is 1. The molecule has 2 aliphatic heterocycles. The molecule has 2 aromatic carbocycles. The van der Waals surface area contributed by atoms with Crippen LogP contribution < -0.4 is 4.90 Å². The van der Waals surface area contributed by atoms with Gasteiger partial charge in [0.15, 0.2) is 0 Å². The number of aromatic nitrogens is 1. The highest BCUT2D eigenvalue weighted by atomic mass is 16.4. The summed E-state index contributed by atoms with van der Waals surface area (Å²) in [5.41, 5.74) is 7.23. The van der Waals surface area contributed by atoms with E-state index in [1.807, 2.05) is 31.1 Å². The molecule has 1 N–H and O–H groups in total. The van der Waals surface area contributed by atoms with Gasteiger partial charge in [-0.15, -0.1) is 0 Å². The molecule has 3 heterocycles. The zero-order valence-corrected chi connectivity index (χ0v) is 20.6. The van der Waals surface area contributed by atoms with Crippen LogP contribution in [0.3, 0.4) is 0 Å². The van der Waals surface area contributed by atoms with Crippen LogP contribution in [0.1, 0.15) is 71.8 Å². The van der Waals surface area contributed by atoms with E-state index in [1.54, 1.807) is 6.07 Å². The van der Waals surface area contributed by atoms with Crippen molar-refractivity contribution in [2.45, 2.75) is 56.9 Å². The van der Waals surface area contributed by atoms with E-state index >= 15 is 0 Å². The summed E-state index contributed by atoms with van der Waals surface area (Å²) in [6.07, 6.45) is 6.90. The lowest BCUT2D eigenvalue weighted by Gasteiger charge is -2.28. The first-order valence-electron chi connectivity index (χ1n) is 12.9. The second-order valence-electron chi connectivity index (χ2n) is 10.7. The molecule has 1 amide bonds. The lowest BCUT2D eigenvalue weighted by atomic mass is 9.81. The number of aromatic carboxylic acids is 1. The van der Waals surface area contributed by atoms with Crippen LogP contribution in [0.25, 0.3) is 22.2 Å². The van der Waals surface area contributed by atoms with Gasteiger partial charge in [0.05, 0.1) is 22.9 Å². The number of rotatable bonds is 4. The molecule has 6 heteroatoms. The molecule has 0 saturated heterocycles. The number of fused-ring (bicyclic) bond motifs is 4. The second kappa shape index (κ2) is 8.52. The third kappa shape index (κ3) is 3.49. The summed E-state index contributed by atoms with van der Waals surface area (Å²) in [4.78, 5) is 29.6. The average Bonchev–Trinajstić information content (AvgIpc) is 3.29. The van der Waals surface area contributed by atoms with E-state index in [1.165, 1.54) is 35.9 Å². The highest BCUT2D eigenvalue weighted by Crippen LogP contribution is 2.51. The van der Waals surface area contributed by atoms with E-state index in [2.05, 4.69) is 27.7 Å². The maximum atomic E-state index is 13.6. The van der Waals surface area contributed by atoms with Crippen molar-refractivity contribution >= 4 is 28.5 Å². The van der Waals surface area contributed by atoms with Crippen LogP contribution in [0.15, 0.2) is 36.4 Å². The SMILES string of the molecule is CN(C)CC1C(=O)N2CCCn3c(c(C4CCCCC4)c4ccc(C(=O)O)cc43)-c3cccc1c32. The number of carbonyl (C=O) groups excluding carboxylic acids is 1. The van der Waals surface area contributed by atoms with Gasteiger partial charge in [0, 0.05) is 36.1 Å². The van der Waals surface area contributed by atoms with Gasteiger partial charge >= 0.3 is 5.97 Å². The predicted molar refractivity (Wildman–Crippen MR) is 138 cm³/mol. The molecule has 0 bridgehead atoms. The van der Waals surface area contributed by atoms with Gasteiger partial charge in [-0.2, -0.15) is 0 Å². The first-order chi connectivity index (χ1) is 17.0. The summed E-state index contributed by atoms with van der Waals surface area (Å²) in [6, 6.07) is 12.0. The summed E-state index contributed by atoms with van der Waals surface area (Å²) in [5.74, 6) is -0.376. The topological polar surface area (TPSA) is 65.8 Å². The smallest absolute Gasteiger partial charge is 0.335 e. The van der Waals surface area contributed by atoms with Crippen molar-refractivity contribution in [1.29, 1.82) is 0 Å². The van der Waals surface area contributed by atoms with Gasteiger partial charge in [0.1, 0.15) is 0 Å². The maximum absolute atomic E-state index is 13.6. The minimum absolute atomic E-state index is 0.146. The molecular weight excluding hydrogens is 438 g/mol. The van der Waals surface area contributed by atoms with Crippen molar-refractivity contribution in [3.05, 3.63) is 53.1 Å². The summed E-state index contributed by atoms with van der Waals surface area (Å²) >= 11 is 0. The van der Waals surface area contributed by atoms with Crippen molar-refractivity contribution in [3.8, 4) is 11.3 Å². The lowest BCUT2D eigenvalue weighted by molar-refractivity contribution is -0.119. The molecule has 3 aromatic rings. The van der Waals surface area contributed by atoms with E-state index in [-0.39, 0.29) is 11.8 Å². The quantitative estimate of drug-likeness (QED) is 0.550. The van der Waals surface area contributed by atoms with Gasteiger partial charge in [-0.3, -0.25) is 4.79 Å². The molecule has 0 radical (unpaired) electrons. The van der Waals surface area contributed by atoms with Crippen molar-refractivity contribution in [3.63, 3.8) is 0 Å². The first-order valence-corrected chi connectivity index (χ1v) is 12.9. The fourth-order valence-electron chi connectivity index (χ4n) is 6.75. The highest BCUT2D eigenvalue weighted by molar-refractivity contribution is 6.10. The first kappa shape index (κ1) is 22.4. The van der Waals surface area contributed by atoms with Crippen LogP contribution in [-0.4, -0.2) is 53.6 Å². The summed E-state index contributed by atoms with van der Waals surface area (Å²) < 4.78 is 2.36. The third-order valence-electron chi connectivity index (χ3n) is 8.21. The number of aryl methyl sites for hydroxylation is 1. The standard InChI is InChI=1S/C29H33N3O3/c1-30(2)17-23-20-10-6-11-22-26(20)32(28(23)33)15-7-14-31-24-16-19(29(34)35)12-13-21(24)25(27(22)31)18-8-4-3-5-9-18/h6,10-13,16,18,23H,3-5,7-9,14-15,17H2,1-2H3,(H,34,35). The van der Waals surface area contributed by atoms with Crippen molar-refractivity contribution in [2.75, 3.05) is 32.1 Å². The predicted octanol–water partition coefficient (Wildman–Crippen LogP) is 5.45. The molecule has 6 nitrogen and oxygen atoms in total. The molecule has 6 rings (SSSR count). The Kier molecular flexibility index (Phi) is 5.44. The molecule has 182 valence electrons. The maximum Gasteiger partial charge on any atom is 0.335 e. The summed E-state index contributed by atoms with van der Waals surface area (Å²) in [5, 5.41) is 10.9. The molecule has 1 saturated carbocycles. The number of anilines is 1. The van der Waals surface area contributed by atoms with E-state index in [0.29, 0.717) is 24.6 Å². The molecular formula is C29H33N3O3. The van der Waals surface area contributed by atoms with Gasteiger partial charge in [0.2, 0.25) is 5.91 Å². The monoisotopic (exact) mass is 471 g/mol. The molecule has 35 heavy (non-hydrogen) atoms. The van der Waals surface area contributed by atoms with Crippen LogP contribution in [0.2, 0.25) is 0 Å². The molecule has 1 atom stereocenters. The summed E-state index contributed by atoms with van der Waals surface area (Å²) in [7, 11) is 4.05. The Morgan fingerprint density at radius 1 is 1.06 bits per heavy atom. The van der Waals surface area contributed by atoms with Crippen LogP contribution in [-0.2, 0) is 11.3 Å². The Morgan fingerprint density at radius 2 is 1.86 bits per heavy atom. The largest absolute Gasteiger partial charge is 0.478 e. The molecule has 1 unspecified atom stereocenters. The van der Waals surface area contributed by atoms with E-state index in [9.17, 15) is 14.7 Å². The van der Waals surface area contributed by atoms with Crippen LogP contribution >= 0.6 is 0 Å². The highest BCUT2D eigenvalue weighted by Gasteiger charge is 2.41. The Labute approximate surface area is 206 Å². The minimum Gasteiger partial charge on any atom is -0.478 e. The molecule has 3 aliphatic rings. The second-order valence-corrected chi connectivity index (χ2v) is 10.7. The molecule has 1 aromatic heterocycles. The number of carboxylic acid groups (broad SMARTS) is 1. The van der Waals surface area contributed by atoms with Gasteiger partial charge in [-0.25, -0.2) is 4.79 Å². The van der Waals surface area contributed by atoms with Crippen molar-refractivity contribution in [1.82, 2.24) is 9.47 Å². The Hall–Kier alpha value is -3.12. The van der Waals surface area contributed by atoms with Gasteiger partial charge in [-0.05, 0) is 62.5 Å². The van der Waals surface area contributed by atoms with E-state index in [4.69, 9.17) is 0 Å². The number of hydrogen-bond acceptors (Lipinski definition) is 3. The number of carboxylic acids is 1. The molecule has 1 aliphatic carbocycles. The Morgan fingerprint density at radius 3 is 2.60 bits per heavy atom. The number of carbonyl (C=O) groups is 2. The number of likely N-dealkylation sites (N-methyl/N-ethyl adjacent to an activating group) is 1. The van der Waals surface area contributed by atoms with Gasteiger partial charge < -0.3 is 19.5 Å². The fourth-order valence-corrected chi connectivity index (χ4v) is 6.75. The minimum atomic E-state index is -0.892. The zero-order chi connectivity index (χ0) is 24.3. The van der Waals surface area contributed by atoms with Crippen LogP contribution in [0.4, 0.5) is 5.69 Å². The fraction of sp³-hybridized carbons (Fsp3) is 0.448. The van der Waals surface area contributed by atoms with Gasteiger partial charge in [-0.1, -0.05) is 43.5 Å². The van der Waals surface area contributed by atoms with Gasteiger partial charge in [0.25, 0.3) is 0 Å². The van der Waals surface area contributed by atoms with E-state index in [0.717, 1.165) is 48.1 Å². The average molecular weight is 472 g/mol. The van der Waals surface area contributed by atoms with Crippen LogP contribution in [0, 0.1) is 0 Å². The molecule has 1 fully saturated rings. The number of para-hydroxylation sites is 1. The van der Waals surface area contributed by atoms with Crippen molar-refractivity contribution in [2.24, 2.45) is 0 Å². The van der Waals surface area contributed by atoms with Crippen LogP contribution in [0.5, 0.6) is 0 Å². The number of hydrogen-bond donors (Lipinski definition) is 1. The lowest BCUT2D eigenvalue weighted by Crippen LogP contribution is -2.34. The van der Waals surface area contributed by atoms with E-state index < -0.39 is 5.97 Å². The Balaban J connectivity index is 1.65. The summed E-state index contributed by atoms with van der Waals surface area (Å²) in [6.45, 7) is 2.16. The molecule has 0 spiro atoms.